The summed E-state index contributed by atoms with van der Waals surface area (Å²) < 4.78 is 5.07. The van der Waals surface area contributed by atoms with Crippen molar-refractivity contribution in [2.45, 2.75) is 19.8 Å². The van der Waals surface area contributed by atoms with Crippen LogP contribution in [0.3, 0.4) is 0 Å². The molecule has 0 radical (unpaired) electrons. The zero-order chi connectivity index (χ0) is 15.8. The molecule has 0 spiro atoms. The van der Waals surface area contributed by atoms with Gasteiger partial charge in [0, 0.05) is 52.1 Å². The Morgan fingerprint density at radius 1 is 1.18 bits per heavy atom. The molecule has 0 aromatic heterocycles. The van der Waals surface area contributed by atoms with E-state index in [1.165, 1.54) is 5.56 Å². The van der Waals surface area contributed by atoms with Gasteiger partial charge in [-0.05, 0) is 30.5 Å². The quantitative estimate of drug-likeness (QED) is 0.821. The van der Waals surface area contributed by atoms with Crippen molar-refractivity contribution >= 4 is 11.7 Å². The van der Waals surface area contributed by atoms with E-state index >= 15 is 0 Å². The van der Waals surface area contributed by atoms with E-state index in [9.17, 15) is 4.79 Å². The van der Waals surface area contributed by atoms with Crippen LogP contribution in [0.4, 0.5) is 10.5 Å². The third-order valence-electron chi connectivity index (χ3n) is 4.10. The van der Waals surface area contributed by atoms with Crippen LogP contribution in [0.2, 0.25) is 0 Å². The van der Waals surface area contributed by atoms with Crippen molar-refractivity contribution < 1.29 is 9.53 Å². The zero-order valence-electron chi connectivity index (χ0n) is 13.7. The molecule has 0 unspecified atom stereocenters. The Morgan fingerprint density at radius 2 is 1.86 bits per heavy atom. The molecule has 1 aliphatic rings. The van der Waals surface area contributed by atoms with Crippen molar-refractivity contribution in [1.29, 1.82) is 0 Å². The van der Waals surface area contributed by atoms with Crippen molar-refractivity contribution in [1.82, 2.24) is 9.80 Å². The van der Waals surface area contributed by atoms with Crippen LogP contribution in [0, 0.1) is 0 Å². The van der Waals surface area contributed by atoms with Crippen LogP contribution in [-0.2, 0) is 11.2 Å². The highest BCUT2D eigenvalue weighted by atomic mass is 16.5. The maximum Gasteiger partial charge on any atom is 0.321 e. The van der Waals surface area contributed by atoms with Crippen LogP contribution < -0.4 is 5.32 Å². The minimum Gasteiger partial charge on any atom is -0.385 e. The van der Waals surface area contributed by atoms with E-state index in [2.05, 4.69) is 29.3 Å². The third kappa shape index (κ3) is 5.00. The van der Waals surface area contributed by atoms with Gasteiger partial charge < -0.3 is 15.0 Å². The number of amides is 2. The monoisotopic (exact) mass is 305 g/mol. The maximum absolute atomic E-state index is 12.3. The van der Waals surface area contributed by atoms with Gasteiger partial charge in [-0.15, -0.1) is 0 Å². The molecule has 2 rings (SSSR count). The molecule has 1 aromatic rings. The molecule has 0 atom stereocenters. The summed E-state index contributed by atoms with van der Waals surface area (Å²) in [5.41, 5.74) is 2.15. The summed E-state index contributed by atoms with van der Waals surface area (Å²) in [5.74, 6) is 0. The van der Waals surface area contributed by atoms with Crippen LogP contribution in [-0.4, -0.2) is 62.3 Å². The van der Waals surface area contributed by atoms with Crippen LogP contribution in [0.5, 0.6) is 0 Å². The summed E-state index contributed by atoms with van der Waals surface area (Å²) in [6.45, 7) is 7.41. The van der Waals surface area contributed by atoms with Gasteiger partial charge in [-0.1, -0.05) is 19.1 Å². The van der Waals surface area contributed by atoms with Gasteiger partial charge in [0.25, 0.3) is 0 Å². The fraction of sp³-hybridized carbons (Fsp3) is 0.588. The highest BCUT2D eigenvalue weighted by Gasteiger charge is 2.20. The molecular weight excluding hydrogens is 278 g/mol. The molecule has 0 bridgehead atoms. The summed E-state index contributed by atoms with van der Waals surface area (Å²) in [4.78, 5) is 16.5. The normalized spacial score (nSPS) is 15.8. The lowest BCUT2D eigenvalue weighted by atomic mass is 10.1. The number of nitrogens with one attached hydrogen (secondary N) is 1. The van der Waals surface area contributed by atoms with E-state index in [1.54, 1.807) is 7.11 Å². The van der Waals surface area contributed by atoms with Crippen molar-refractivity contribution in [3.8, 4) is 0 Å². The van der Waals surface area contributed by atoms with Crippen molar-refractivity contribution in [2.75, 3.05) is 51.8 Å². The fourth-order valence-corrected chi connectivity index (χ4v) is 2.63. The first kappa shape index (κ1) is 16.8. The molecule has 0 saturated carbocycles. The number of benzene rings is 1. The molecule has 1 aliphatic heterocycles. The molecule has 122 valence electrons. The summed E-state index contributed by atoms with van der Waals surface area (Å²) >= 11 is 0. The molecule has 1 fully saturated rings. The highest BCUT2D eigenvalue weighted by Crippen LogP contribution is 2.12. The molecule has 1 aromatic carbocycles. The number of ether oxygens (including phenoxy) is 1. The predicted molar refractivity (Wildman–Crippen MR) is 89.3 cm³/mol. The lowest BCUT2D eigenvalue weighted by Crippen LogP contribution is -2.50. The number of hydrogen-bond acceptors (Lipinski definition) is 3. The van der Waals surface area contributed by atoms with E-state index in [-0.39, 0.29) is 6.03 Å². The lowest BCUT2D eigenvalue weighted by Gasteiger charge is -2.34. The van der Waals surface area contributed by atoms with Crippen molar-refractivity contribution in [3.63, 3.8) is 0 Å². The van der Waals surface area contributed by atoms with Crippen molar-refractivity contribution in [3.05, 3.63) is 29.8 Å². The summed E-state index contributed by atoms with van der Waals surface area (Å²) in [5, 5.41) is 2.98. The topological polar surface area (TPSA) is 44.8 Å². The van der Waals surface area contributed by atoms with Crippen molar-refractivity contribution in [2.24, 2.45) is 0 Å². The molecule has 5 nitrogen and oxygen atoms in total. The number of hydrogen-bond donors (Lipinski definition) is 1. The van der Waals surface area contributed by atoms with Gasteiger partial charge >= 0.3 is 6.03 Å². The minimum atomic E-state index is 0.000731. The smallest absolute Gasteiger partial charge is 0.321 e. The molecule has 2 amide bonds. The number of carbonyl (C=O) groups excluding carboxylic acids is 1. The number of rotatable bonds is 6. The Hall–Kier alpha value is -1.59. The van der Waals surface area contributed by atoms with Crippen LogP contribution in [0.1, 0.15) is 18.9 Å². The van der Waals surface area contributed by atoms with E-state index in [0.29, 0.717) is 0 Å². The summed E-state index contributed by atoms with van der Waals surface area (Å²) in [6.07, 6.45) is 2.06. The molecule has 1 saturated heterocycles. The number of carbonyl (C=O) groups is 1. The van der Waals surface area contributed by atoms with Gasteiger partial charge in [0.2, 0.25) is 0 Å². The predicted octanol–water partition coefficient (Wildman–Crippen LogP) is 2.44. The first-order valence-corrected chi connectivity index (χ1v) is 8.09. The first-order chi connectivity index (χ1) is 10.7. The average Bonchev–Trinajstić information content (AvgIpc) is 2.56. The van der Waals surface area contributed by atoms with Gasteiger partial charge in [0.15, 0.2) is 0 Å². The molecule has 1 heterocycles. The highest BCUT2D eigenvalue weighted by molar-refractivity contribution is 5.89. The second-order valence-corrected chi connectivity index (χ2v) is 5.66. The zero-order valence-corrected chi connectivity index (χ0v) is 13.7. The van der Waals surface area contributed by atoms with Crippen LogP contribution >= 0.6 is 0 Å². The second kappa shape index (κ2) is 8.76. The SMILES string of the molecule is CCc1ccc(NC(=O)N2CCN(CCCOC)CC2)cc1. The van der Waals surface area contributed by atoms with Crippen LogP contribution in [0.15, 0.2) is 24.3 Å². The third-order valence-corrected chi connectivity index (χ3v) is 4.10. The van der Waals surface area contributed by atoms with E-state index in [0.717, 1.165) is 57.9 Å². The Balaban J connectivity index is 1.74. The number of urea groups is 1. The number of nitrogens with zero attached hydrogens (tertiary/aromatic N) is 2. The Morgan fingerprint density at radius 3 is 2.45 bits per heavy atom. The first-order valence-electron chi connectivity index (χ1n) is 8.09. The van der Waals surface area contributed by atoms with E-state index in [4.69, 9.17) is 4.74 Å². The van der Waals surface area contributed by atoms with Gasteiger partial charge in [-0.2, -0.15) is 0 Å². The lowest BCUT2D eigenvalue weighted by molar-refractivity contribution is 0.130. The Bertz CT molecular complexity index is 453. The standard InChI is InChI=1S/C17H27N3O2/c1-3-15-5-7-16(8-6-15)18-17(21)20-12-10-19(11-13-20)9-4-14-22-2/h5-8H,3-4,9-14H2,1-2H3,(H,18,21). The fourth-order valence-electron chi connectivity index (χ4n) is 2.63. The molecule has 22 heavy (non-hydrogen) atoms. The van der Waals surface area contributed by atoms with Gasteiger partial charge in [-0.3, -0.25) is 4.90 Å². The van der Waals surface area contributed by atoms with E-state index < -0.39 is 0 Å². The average molecular weight is 305 g/mol. The molecular formula is C17H27N3O2. The Kier molecular flexibility index (Phi) is 6.68. The number of piperazine rings is 1. The summed E-state index contributed by atoms with van der Waals surface area (Å²) in [7, 11) is 1.73. The Labute approximate surface area is 133 Å². The van der Waals surface area contributed by atoms with Gasteiger partial charge in [-0.25, -0.2) is 4.79 Å². The summed E-state index contributed by atoms with van der Waals surface area (Å²) in [6, 6.07) is 8.06. The van der Waals surface area contributed by atoms with Gasteiger partial charge in [0.1, 0.15) is 0 Å². The number of anilines is 1. The largest absolute Gasteiger partial charge is 0.385 e. The number of aryl methyl sites for hydroxylation is 1. The number of methoxy groups -OCH3 is 1. The second-order valence-electron chi connectivity index (χ2n) is 5.66. The molecule has 5 heteroatoms. The maximum atomic E-state index is 12.3. The van der Waals surface area contributed by atoms with E-state index in [1.807, 2.05) is 17.0 Å². The molecule has 0 aliphatic carbocycles. The van der Waals surface area contributed by atoms with Gasteiger partial charge in [0.05, 0.1) is 0 Å². The minimum absolute atomic E-state index is 0.000731. The van der Waals surface area contributed by atoms with Crippen LogP contribution in [0.25, 0.3) is 0 Å². The molecule has 1 N–H and O–H groups in total.